The molecule has 1 aromatic rings. The lowest BCUT2D eigenvalue weighted by molar-refractivity contribution is -0.144. The van der Waals surface area contributed by atoms with Crippen LogP contribution in [-0.2, 0) is 22.0 Å². The molecule has 0 amide bonds. The Morgan fingerprint density at radius 3 is 2.47 bits per heavy atom. The Labute approximate surface area is 113 Å². The van der Waals surface area contributed by atoms with Crippen LogP contribution < -0.4 is 0 Å². The lowest BCUT2D eigenvalue weighted by Crippen LogP contribution is -2.20. The highest BCUT2D eigenvalue weighted by molar-refractivity contribution is 5.99. The Balaban J connectivity index is 2.98. The quantitative estimate of drug-likeness (QED) is 0.618. The van der Waals surface area contributed by atoms with Crippen LogP contribution in [-0.4, -0.2) is 28.6 Å². The molecule has 0 aliphatic carbocycles. The zero-order valence-corrected chi connectivity index (χ0v) is 12.5. The molecule has 0 bridgehead atoms. The lowest BCUT2D eigenvalue weighted by atomic mass is 9.87. The monoisotopic (exact) mass is 266 g/mol. The third kappa shape index (κ3) is 3.66. The highest BCUT2D eigenvalue weighted by atomic mass is 16.5. The molecule has 1 rings (SSSR count). The summed E-state index contributed by atoms with van der Waals surface area (Å²) >= 11 is 0. The van der Waals surface area contributed by atoms with Gasteiger partial charge in [-0.2, -0.15) is 5.10 Å². The summed E-state index contributed by atoms with van der Waals surface area (Å²) in [4.78, 5) is 23.7. The first-order valence-corrected chi connectivity index (χ1v) is 6.32. The van der Waals surface area contributed by atoms with E-state index in [2.05, 4.69) is 9.84 Å². The average molecular weight is 266 g/mol. The van der Waals surface area contributed by atoms with E-state index in [-0.39, 0.29) is 23.6 Å². The molecule has 5 nitrogen and oxygen atoms in total. The third-order valence-electron chi connectivity index (χ3n) is 2.93. The van der Waals surface area contributed by atoms with Crippen LogP contribution in [0, 0.1) is 5.92 Å². The second-order valence-corrected chi connectivity index (χ2v) is 5.87. The summed E-state index contributed by atoms with van der Waals surface area (Å²) in [5.41, 5.74) is 1.14. The van der Waals surface area contributed by atoms with Gasteiger partial charge in [-0.3, -0.25) is 14.3 Å². The molecule has 1 atom stereocenters. The topological polar surface area (TPSA) is 61.2 Å². The molecule has 19 heavy (non-hydrogen) atoms. The largest absolute Gasteiger partial charge is 0.469 e. The number of carbonyl (C=O) groups is 2. The van der Waals surface area contributed by atoms with Crippen molar-refractivity contribution >= 4 is 11.8 Å². The maximum absolute atomic E-state index is 12.3. The number of hydrogen-bond donors (Lipinski definition) is 0. The minimum absolute atomic E-state index is 0.0732. The van der Waals surface area contributed by atoms with Crippen molar-refractivity contribution in [1.29, 1.82) is 0 Å². The number of ether oxygens (including phenoxy) is 1. The van der Waals surface area contributed by atoms with E-state index < -0.39 is 5.92 Å². The molecule has 0 radical (unpaired) electrons. The van der Waals surface area contributed by atoms with Gasteiger partial charge in [0.05, 0.1) is 24.3 Å². The first kappa shape index (κ1) is 15.4. The number of rotatable bonds is 4. The van der Waals surface area contributed by atoms with Gasteiger partial charge < -0.3 is 4.74 Å². The number of ketones is 1. The number of aryl methyl sites for hydroxylation is 1. The molecule has 1 heterocycles. The van der Waals surface area contributed by atoms with Crippen molar-refractivity contribution in [2.24, 2.45) is 13.0 Å². The fourth-order valence-corrected chi connectivity index (χ4v) is 1.92. The Morgan fingerprint density at radius 1 is 1.42 bits per heavy atom. The molecular weight excluding hydrogens is 244 g/mol. The second kappa shape index (κ2) is 5.55. The first-order chi connectivity index (χ1) is 8.66. The Kier molecular flexibility index (Phi) is 4.50. The van der Waals surface area contributed by atoms with E-state index in [0.29, 0.717) is 5.56 Å². The summed E-state index contributed by atoms with van der Waals surface area (Å²) in [5.74, 6) is -0.879. The molecule has 0 spiro atoms. The van der Waals surface area contributed by atoms with Crippen LogP contribution in [0.2, 0.25) is 0 Å². The molecular formula is C14H22N2O3. The van der Waals surface area contributed by atoms with E-state index in [0.717, 1.165) is 5.69 Å². The first-order valence-electron chi connectivity index (χ1n) is 6.32. The highest BCUT2D eigenvalue weighted by Gasteiger charge is 2.27. The molecule has 0 fully saturated rings. The van der Waals surface area contributed by atoms with Crippen molar-refractivity contribution < 1.29 is 14.3 Å². The summed E-state index contributed by atoms with van der Waals surface area (Å²) in [6, 6.07) is 0. The van der Waals surface area contributed by atoms with E-state index in [1.54, 1.807) is 24.9 Å². The fraction of sp³-hybridized carbons (Fsp3) is 0.643. The predicted octanol–water partition coefficient (Wildman–Crippen LogP) is 2.10. The zero-order chi connectivity index (χ0) is 14.8. The van der Waals surface area contributed by atoms with Gasteiger partial charge in [-0.1, -0.05) is 27.7 Å². The fourth-order valence-electron chi connectivity index (χ4n) is 1.92. The SMILES string of the molecule is COC(=O)C(C)CC(=O)c1cn(C)nc1C(C)(C)C. The van der Waals surface area contributed by atoms with Crippen LogP contribution >= 0.6 is 0 Å². The van der Waals surface area contributed by atoms with E-state index in [9.17, 15) is 9.59 Å². The van der Waals surface area contributed by atoms with E-state index in [1.165, 1.54) is 7.11 Å². The molecule has 106 valence electrons. The Bertz CT molecular complexity index is 483. The van der Waals surface area contributed by atoms with Crippen LogP contribution in [0.25, 0.3) is 0 Å². The van der Waals surface area contributed by atoms with Crippen molar-refractivity contribution in [1.82, 2.24) is 9.78 Å². The van der Waals surface area contributed by atoms with Gasteiger partial charge in [-0.25, -0.2) is 0 Å². The zero-order valence-electron chi connectivity index (χ0n) is 12.5. The lowest BCUT2D eigenvalue weighted by Gasteiger charge is -2.17. The Morgan fingerprint density at radius 2 is 2.00 bits per heavy atom. The molecule has 0 aromatic carbocycles. The molecule has 0 N–H and O–H groups in total. The number of nitrogens with zero attached hydrogens (tertiary/aromatic N) is 2. The van der Waals surface area contributed by atoms with E-state index in [4.69, 9.17) is 0 Å². The molecule has 5 heteroatoms. The highest BCUT2D eigenvalue weighted by Crippen LogP contribution is 2.25. The number of esters is 1. The van der Waals surface area contributed by atoms with E-state index >= 15 is 0 Å². The number of aromatic nitrogens is 2. The van der Waals surface area contributed by atoms with Gasteiger partial charge in [-0.05, 0) is 0 Å². The van der Waals surface area contributed by atoms with Crippen LogP contribution in [0.3, 0.4) is 0 Å². The van der Waals surface area contributed by atoms with Gasteiger partial charge >= 0.3 is 5.97 Å². The number of carbonyl (C=O) groups excluding carboxylic acids is 2. The van der Waals surface area contributed by atoms with Gasteiger partial charge in [0.15, 0.2) is 5.78 Å². The van der Waals surface area contributed by atoms with Crippen molar-refractivity contribution in [3.05, 3.63) is 17.5 Å². The number of hydrogen-bond acceptors (Lipinski definition) is 4. The number of methoxy groups -OCH3 is 1. The van der Waals surface area contributed by atoms with Gasteiger partial charge in [0.1, 0.15) is 0 Å². The number of Topliss-reactive ketones (excluding diaryl/α,β-unsaturated/α-hetero) is 1. The second-order valence-electron chi connectivity index (χ2n) is 5.87. The van der Waals surface area contributed by atoms with Crippen molar-refractivity contribution in [2.45, 2.75) is 39.5 Å². The minimum atomic E-state index is -0.439. The third-order valence-corrected chi connectivity index (χ3v) is 2.93. The maximum Gasteiger partial charge on any atom is 0.308 e. The van der Waals surface area contributed by atoms with Crippen LogP contribution in [0.15, 0.2) is 6.20 Å². The molecule has 1 unspecified atom stereocenters. The van der Waals surface area contributed by atoms with Gasteiger partial charge in [-0.15, -0.1) is 0 Å². The molecule has 1 aromatic heterocycles. The summed E-state index contributed by atoms with van der Waals surface area (Å²) in [7, 11) is 3.11. The van der Waals surface area contributed by atoms with Gasteiger partial charge in [0.2, 0.25) is 0 Å². The molecule has 0 saturated heterocycles. The average Bonchev–Trinajstić information content (AvgIpc) is 2.70. The van der Waals surface area contributed by atoms with Crippen molar-refractivity contribution in [3.63, 3.8) is 0 Å². The van der Waals surface area contributed by atoms with Crippen LogP contribution in [0.5, 0.6) is 0 Å². The smallest absolute Gasteiger partial charge is 0.308 e. The molecule has 0 aliphatic heterocycles. The standard InChI is InChI=1S/C14H22N2O3/c1-9(13(18)19-6)7-11(17)10-8-16(5)15-12(10)14(2,3)4/h8-9H,7H2,1-6H3. The van der Waals surface area contributed by atoms with Crippen LogP contribution in [0.1, 0.15) is 50.2 Å². The predicted molar refractivity (Wildman–Crippen MR) is 72.0 cm³/mol. The van der Waals surface area contributed by atoms with Crippen LogP contribution in [0.4, 0.5) is 0 Å². The molecule has 0 aliphatic rings. The van der Waals surface area contributed by atoms with Gasteiger partial charge in [0, 0.05) is 25.1 Å². The van der Waals surface area contributed by atoms with E-state index in [1.807, 2.05) is 20.8 Å². The van der Waals surface area contributed by atoms with Crippen molar-refractivity contribution in [2.75, 3.05) is 7.11 Å². The Hall–Kier alpha value is -1.65. The molecule has 0 saturated carbocycles. The maximum atomic E-state index is 12.3. The normalized spacial score (nSPS) is 13.2. The summed E-state index contributed by atoms with van der Waals surface area (Å²) in [6.45, 7) is 7.72. The minimum Gasteiger partial charge on any atom is -0.469 e. The summed E-state index contributed by atoms with van der Waals surface area (Å²) in [5, 5.41) is 4.35. The van der Waals surface area contributed by atoms with Crippen molar-refractivity contribution in [3.8, 4) is 0 Å². The van der Waals surface area contributed by atoms with Gasteiger partial charge in [0.25, 0.3) is 0 Å². The summed E-state index contributed by atoms with van der Waals surface area (Å²) in [6.07, 6.45) is 1.86. The summed E-state index contributed by atoms with van der Waals surface area (Å²) < 4.78 is 6.28.